The smallest absolute Gasteiger partial charge is 0.140 e. The zero-order valence-electron chi connectivity index (χ0n) is 38.2. The standard InChI is InChI=1S/C68H43NO/c1-3-19-44(20-4-1)45-35-37-47(38-36-45)69(48-39-40-55-54-27-11-17-33-62(54)68(63(55)42-48)60-31-15-9-25-52(60)53-26-10-16-32-61(53)68)49-41-57-56-28-12-18-34-65(56)70-66(57)64(43-49)67(46-21-5-2-6-22-46)58-29-13-7-23-50(58)51-24-8-14-30-59(51)67/h1-43H. The number of furan rings is 1. The normalized spacial score (nSPS) is 13.9. The average molecular weight is 890 g/mol. The van der Waals surface area contributed by atoms with Crippen molar-refractivity contribution in [1.82, 2.24) is 0 Å². The predicted molar refractivity (Wildman–Crippen MR) is 287 cm³/mol. The van der Waals surface area contributed by atoms with Crippen LogP contribution in [-0.2, 0) is 10.8 Å². The van der Waals surface area contributed by atoms with Crippen LogP contribution in [0.15, 0.2) is 265 Å². The quantitative estimate of drug-likeness (QED) is 0.165. The first-order valence-electron chi connectivity index (χ1n) is 24.3. The number of nitrogens with zero attached hydrogens (tertiary/aromatic N) is 1. The first-order valence-corrected chi connectivity index (χ1v) is 24.3. The van der Waals surface area contributed by atoms with Crippen molar-refractivity contribution in [1.29, 1.82) is 0 Å². The highest BCUT2D eigenvalue weighted by Crippen LogP contribution is 2.64. The second kappa shape index (κ2) is 14.8. The van der Waals surface area contributed by atoms with Crippen LogP contribution in [0.5, 0.6) is 0 Å². The summed E-state index contributed by atoms with van der Waals surface area (Å²) in [4.78, 5) is 2.49. The number of benzene rings is 11. The topological polar surface area (TPSA) is 16.4 Å². The van der Waals surface area contributed by atoms with Gasteiger partial charge in [0.15, 0.2) is 0 Å². The lowest BCUT2D eigenvalue weighted by Gasteiger charge is -2.35. The minimum absolute atomic E-state index is 0.498. The van der Waals surface area contributed by atoms with Gasteiger partial charge in [-0.1, -0.05) is 218 Å². The molecule has 0 unspecified atom stereocenters. The second-order valence-electron chi connectivity index (χ2n) is 19.0. The van der Waals surface area contributed by atoms with E-state index in [-0.39, 0.29) is 0 Å². The Morgan fingerprint density at radius 1 is 0.271 bits per heavy atom. The van der Waals surface area contributed by atoms with E-state index in [1.165, 1.54) is 83.5 Å². The number of hydrogen-bond donors (Lipinski definition) is 0. The van der Waals surface area contributed by atoms with Crippen LogP contribution < -0.4 is 4.90 Å². The van der Waals surface area contributed by atoms with Crippen molar-refractivity contribution in [3.63, 3.8) is 0 Å². The minimum atomic E-state index is -0.708. The Kier molecular flexibility index (Phi) is 8.24. The van der Waals surface area contributed by atoms with Crippen LogP contribution in [0.1, 0.15) is 44.5 Å². The van der Waals surface area contributed by atoms with Gasteiger partial charge in [-0.25, -0.2) is 0 Å². The van der Waals surface area contributed by atoms with Crippen LogP contribution in [0, 0.1) is 0 Å². The molecule has 0 amide bonds. The maximum Gasteiger partial charge on any atom is 0.140 e. The molecule has 0 fully saturated rings. The maximum absolute atomic E-state index is 7.19. The van der Waals surface area contributed by atoms with Gasteiger partial charge in [-0.15, -0.1) is 0 Å². The van der Waals surface area contributed by atoms with Crippen molar-refractivity contribution in [2.75, 3.05) is 4.90 Å². The number of fused-ring (bicyclic) bond motifs is 16. The van der Waals surface area contributed by atoms with Gasteiger partial charge in [-0.05, 0) is 126 Å². The predicted octanol–water partition coefficient (Wildman–Crippen LogP) is 17.4. The fourth-order valence-corrected chi connectivity index (χ4v) is 13.0. The van der Waals surface area contributed by atoms with Crippen LogP contribution in [0.25, 0.3) is 66.4 Å². The maximum atomic E-state index is 7.19. The Morgan fingerprint density at radius 2 is 0.700 bits per heavy atom. The molecule has 326 valence electrons. The van der Waals surface area contributed by atoms with Gasteiger partial charge >= 0.3 is 0 Å². The first kappa shape index (κ1) is 39.1. The minimum Gasteiger partial charge on any atom is -0.456 e. The van der Waals surface area contributed by atoms with Crippen LogP contribution in [0.2, 0.25) is 0 Å². The van der Waals surface area contributed by atoms with E-state index in [2.05, 4.69) is 266 Å². The third kappa shape index (κ3) is 5.17. The molecule has 70 heavy (non-hydrogen) atoms. The molecular weight excluding hydrogens is 847 g/mol. The van der Waals surface area contributed by atoms with Crippen molar-refractivity contribution in [3.8, 4) is 44.5 Å². The zero-order valence-corrected chi connectivity index (χ0v) is 38.2. The molecule has 0 bridgehead atoms. The first-order chi connectivity index (χ1) is 34.7. The Balaban J connectivity index is 1.05. The van der Waals surface area contributed by atoms with Crippen LogP contribution in [0.3, 0.4) is 0 Å². The molecule has 0 saturated carbocycles. The van der Waals surface area contributed by atoms with E-state index in [0.29, 0.717) is 0 Å². The van der Waals surface area contributed by atoms with Crippen LogP contribution in [-0.4, -0.2) is 0 Å². The monoisotopic (exact) mass is 889 g/mol. The van der Waals surface area contributed by atoms with Crippen molar-refractivity contribution >= 4 is 39.0 Å². The summed E-state index contributed by atoms with van der Waals surface area (Å²) in [5.41, 5.74) is 23.8. The highest BCUT2D eigenvalue weighted by atomic mass is 16.3. The summed E-state index contributed by atoms with van der Waals surface area (Å²) in [6.07, 6.45) is 0. The van der Waals surface area contributed by atoms with E-state index >= 15 is 0 Å². The number of hydrogen-bond acceptors (Lipinski definition) is 2. The average Bonchev–Trinajstić information content (AvgIpc) is 4.15. The highest BCUT2D eigenvalue weighted by Gasteiger charge is 2.52. The number of rotatable bonds is 6. The van der Waals surface area contributed by atoms with Gasteiger partial charge in [0.2, 0.25) is 0 Å². The highest BCUT2D eigenvalue weighted by molar-refractivity contribution is 6.09. The molecular formula is C68H43NO. The Bertz CT molecular complexity index is 3960. The van der Waals surface area contributed by atoms with Gasteiger partial charge in [0.05, 0.1) is 10.8 Å². The van der Waals surface area contributed by atoms with Gasteiger partial charge in [-0.2, -0.15) is 0 Å². The SMILES string of the molecule is c1ccc(-c2ccc(N(c3ccc4c(c3)C3(c5ccccc5-c5ccccc53)c3ccccc3-4)c3cc(C4(c5ccccc5)c5ccccc5-c5ccccc54)c4oc5ccccc5c4c3)cc2)cc1. The molecule has 1 aromatic heterocycles. The second-order valence-corrected chi connectivity index (χ2v) is 19.0. The van der Waals surface area contributed by atoms with E-state index in [9.17, 15) is 0 Å². The van der Waals surface area contributed by atoms with Gasteiger partial charge < -0.3 is 9.32 Å². The third-order valence-corrected chi connectivity index (χ3v) is 15.8. The molecule has 12 aromatic rings. The van der Waals surface area contributed by atoms with E-state index in [1.54, 1.807) is 0 Å². The summed E-state index contributed by atoms with van der Waals surface area (Å²) in [6, 6.07) is 96.7. The van der Waals surface area contributed by atoms with Gasteiger partial charge in [-0.3, -0.25) is 0 Å². The summed E-state index contributed by atoms with van der Waals surface area (Å²) < 4.78 is 7.19. The molecule has 0 atom stereocenters. The molecule has 2 heteroatoms. The molecule has 2 nitrogen and oxygen atoms in total. The lowest BCUT2D eigenvalue weighted by atomic mass is 9.67. The fraction of sp³-hybridized carbons (Fsp3) is 0.0294. The number of para-hydroxylation sites is 1. The molecule has 15 rings (SSSR count). The Hall–Kier alpha value is -8.98. The molecule has 0 saturated heterocycles. The Labute approximate surface area is 407 Å². The van der Waals surface area contributed by atoms with E-state index in [1.807, 2.05) is 0 Å². The Morgan fingerprint density at radius 3 is 1.27 bits per heavy atom. The molecule has 1 spiro atoms. The number of anilines is 3. The van der Waals surface area contributed by atoms with E-state index in [0.717, 1.165) is 44.6 Å². The van der Waals surface area contributed by atoms with Gasteiger partial charge in [0, 0.05) is 33.4 Å². The summed E-state index contributed by atoms with van der Waals surface area (Å²) in [6.45, 7) is 0. The van der Waals surface area contributed by atoms with Crippen molar-refractivity contribution < 1.29 is 4.42 Å². The summed E-state index contributed by atoms with van der Waals surface area (Å²) >= 11 is 0. The van der Waals surface area contributed by atoms with Gasteiger partial charge in [0.25, 0.3) is 0 Å². The molecule has 11 aromatic carbocycles. The van der Waals surface area contributed by atoms with Crippen molar-refractivity contribution in [2.45, 2.75) is 10.8 Å². The van der Waals surface area contributed by atoms with E-state index < -0.39 is 10.8 Å². The zero-order chi connectivity index (χ0) is 46.0. The van der Waals surface area contributed by atoms with Crippen LogP contribution >= 0.6 is 0 Å². The van der Waals surface area contributed by atoms with Crippen molar-refractivity contribution in [3.05, 3.63) is 305 Å². The molecule has 3 aliphatic carbocycles. The van der Waals surface area contributed by atoms with Crippen LogP contribution in [0.4, 0.5) is 17.1 Å². The molecule has 0 N–H and O–H groups in total. The fourth-order valence-electron chi connectivity index (χ4n) is 13.0. The summed E-state index contributed by atoms with van der Waals surface area (Å²) in [5.74, 6) is 0. The van der Waals surface area contributed by atoms with Gasteiger partial charge in [0.1, 0.15) is 11.2 Å². The molecule has 3 aliphatic rings. The lowest BCUT2D eigenvalue weighted by Crippen LogP contribution is -2.29. The van der Waals surface area contributed by atoms with Crippen molar-refractivity contribution in [2.24, 2.45) is 0 Å². The van der Waals surface area contributed by atoms with E-state index in [4.69, 9.17) is 4.42 Å². The molecule has 0 radical (unpaired) electrons. The lowest BCUT2D eigenvalue weighted by molar-refractivity contribution is 0.648. The summed E-state index contributed by atoms with van der Waals surface area (Å²) in [5, 5.41) is 2.17. The summed E-state index contributed by atoms with van der Waals surface area (Å²) in [7, 11) is 0. The third-order valence-electron chi connectivity index (χ3n) is 15.8. The largest absolute Gasteiger partial charge is 0.456 e. The molecule has 0 aliphatic heterocycles. The molecule has 1 heterocycles.